The summed E-state index contributed by atoms with van der Waals surface area (Å²) in [5.41, 5.74) is -0.183. The van der Waals surface area contributed by atoms with Gasteiger partial charge in [-0.25, -0.2) is 0 Å². The number of fused-ring (bicyclic) bond motifs is 7. The van der Waals surface area contributed by atoms with E-state index in [0.29, 0.717) is 23.7 Å². The van der Waals surface area contributed by atoms with Crippen LogP contribution in [0.1, 0.15) is 65.7 Å². The molecule has 2 N–H and O–H groups in total. The summed E-state index contributed by atoms with van der Waals surface area (Å²) in [7, 11) is 0. The fraction of sp³-hybridized carbons (Fsp3) is 0.833. The number of ketones is 1. The Bertz CT molecular complexity index is 788. The zero-order valence-corrected chi connectivity index (χ0v) is 17.8. The van der Waals surface area contributed by atoms with E-state index in [1.807, 2.05) is 0 Å². The minimum absolute atomic E-state index is 0.00351. The van der Waals surface area contributed by atoms with Gasteiger partial charge in [0.05, 0.1) is 0 Å². The van der Waals surface area contributed by atoms with Crippen molar-refractivity contribution < 1.29 is 24.5 Å². The average molecular weight is 403 g/mol. The second kappa shape index (κ2) is 6.16. The number of aliphatic hydroxyl groups is 2. The van der Waals surface area contributed by atoms with Crippen LogP contribution < -0.4 is 0 Å². The first-order valence-corrected chi connectivity index (χ1v) is 11.4. The SMILES string of the molecule is CC(=O)O[C@H]1CC[C@@]2(C)C(=CC[C@H]3[C@@H]4[C@H]5C[C@H]5[C@](O)(C(=O)CO)[C@@]4(C)CC[C@@H]32)C1. The van der Waals surface area contributed by atoms with Crippen LogP contribution in [0.2, 0.25) is 0 Å². The summed E-state index contributed by atoms with van der Waals surface area (Å²) in [6.07, 6.45) is 8.99. The molecule has 5 aliphatic carbocycles. The highest BCUT2D eigenvalue weighted by Crippen LogP contribution is 2.76. The molecule has 0 heterocycles. The van der Waals surface area contributed by atoms with Gasteiger partial charge in [-0.2, -0.15) is 0 Å². The maximum Gasteiger partial charge on any atom is 0.302 e. The summed E-state index contributed by atoms with van der Waals surface area (Å²) in [6.45, 7) is 5.44. The van der Waals surface area contributed by atoms with Crippen molar-refractivity contribution in [1.29, 1.82) is 0 Å². The van der Waals surface area contributed by atoms with Crippen LogP contribution >= 0.6 is 0 Å². The Balaban J connectivity index is 1.46. The zero-order valence-electron chi connectivity index (χ0n) is 17.8. The molecular formula is C24H34O5. The third kappa shape index (κ3) is 2.40. The lowest BCUT2D eigenvalue weighted by Gasteiger charge is -2.59. The maximum atomic E-state index is 12.7. The van der Waals surface area contributed by atoms with E-state index in [1.165, 1.54) is 12.5 Å². The molecule has 0 aromatic carbocycles. The lowest BCUT2D eigenvalue weighted by Crippen LogP contribution is -2.60. The number of carbonyl (C=O) groups excluding carboxylic acids is 2. The second-order valence-electron chi connectivity index (χ2n) is 11.0. The fourth-order valence-corrected chi connectivity index (χ4v) is 8.61. The van der Waals surface area contributed by atoms with Crippen LogP contribution in [0.25, 0.3) is 0 Å². The van der Waals surface area contributed by atoms with E-state index >= 15 is 0 Å². The van der Waals surface area contributed by atoms with E-state index in [0.717, 1.165) is 44.9 Å². The van der Waals surface area contributed by atoms with Crippen molar-refractivity contribution in [1.82, 2.24) is 0 Å². The first-order chi connectivity index (χ1) is 13.7. The number of aliphatic hydroxyl groups excluding tert-OH is 1. The van der Waals surface area contributed by atoms with Gasteiger partial charge < -0.3 is 14.9 Å². The number of hydrogen-bond donors (Lipinski definition) is 2. The van der Waals surface area contributed by atoms with Crippen LogP contribution in [0.4, 0.5) is 0 Å². The molecule has 0 amide bonds. The maximum absolute atomic E-state index is 12.7. The van der Waals surface area contributed by atoms with Gasteiger partial charge in [0.2, 0.25) is 0 Å². The van der Waals surface area contributed by atoms with Crippen LogP contribution in [0, 0.1) is 40.4 Å². The molecule has 160 valence electrons. The molecule has 5 aliphatic rings. The van der Waals surface area contributed by atoms with Crippen LogP contribution in [-0.2, 0) is 14.3 Å². The van der Waals surface area contributed by atoms with Crippen molar-refractivity contribution in [2.45, 2.75) is 77.4 Å². The summed E-state index contributed by atoms with van der Waals surface area (Å²) >= 11 is 0. The van der Waals surface area contributed by atoms with E-state index in [-0.39, 0.29) is 29.2 Å². The smallest absolute Gasteiger partial charge is 0.302 e. The molecule has 9 atom stereocenters. The van der Waals surface area contributed by atoms with Gasteiger partial charge in [0.1, 0.15) is 18.3 Å². The zero-order chi connectivity index (χ0) is 20.8. The minimum atomic E-state index is -1.35. The third-order valence-corrected chi connectivity index (χ3v) is 9.92. The Morgan fingerprint density at radius 2 is 1.93 bits per heavy atom. The van der Waals surface area contributed by atoms with Gasteiger partial charge in [-0.3, -0.25) is 9.59 Å². The lowest BCUT2D eigenvalue weighted by molar-refractivity contribution is -0.173. The Morgan fingerprint density at radius 1 is 1.17 bits per heavy atom. The molecule has 0 unspecified atom stereocenters. The number of rotatable bonds is 3. The van der Waals surface area contributed by atoms with Crippen molar-refractivity contribution in [3.05, 3.63) is 11.6 Å². The number of Topliss-reactive ketones (excluding diaryl/α,β-unsaturated/α-hetero) is 1. The highest BCUT2D eigenvalue weighted by molar-refractivity contribution is 5.90. The second-order valence-corrected chi connectivity index (χ2v) is 11.0. The van der Waals surface area contributed by atoms with Gasteiger partial charge in [-0.1, -0.05) is 25.5 Å². The quantitative estimate of drug-likeness (QED) is 0.560. The first kappa shape index (κ1) is 19.7. The molecule has 0 saturated heterocycles. The van der Waals surface area contributed by atoms with Gasteiger partial charge in [-0.05, 0) is 73.5 Å². The van der Waals surface area contributed by atoms with Gasteiger partial charge in [0.25, 0.3) is 0 Å². The van der Waals surface area contributed by atoms with E-state index in [2.05, 4.69) is 19.9 Å². The molecule has 29 heavy (non-hydrogen) atoms. The first-order valence-electron chi connectivity index (χ1n) is 11.4. The summed E-state index contributed by atoms with van der Waals surface area (Å²) in [5.74, 6) is 1.30. The molecule has 4 fully saturated rings. The molecule has 0 bridgehead atoms. The molecule has 5 rings (SSSR count). The molecular weight excluding hydrogens is 368 g/mol. The van der Waals surface area contributed by atoms with Crippen molar-refractivity contribution in [2.24, 2.45) is 40.4 Å². The van der Waals surface area contributed by atoms with Gasteiger partial charge in [0.15, 0.2) is 5.78 Å². The predicted molar refractivity (Wildman–Crippen MR) is 107 cm³/mol. The van der Waals surface area contributed by atoms with Crippen LogP contribution in [0.3, 0.4) is 0 Å². The van der Waals surface area contributed by atoms with E-state index in [4.69, 9.17) is 4.74 Å². The molecule has 5 heteroatoms. The highest BCUT2D eigenvalue weighted by Gasteiger charge is 2.78. The Labute approximate surface area is 172 Å². The van der Waals surface area contributed by atoms with Crippen LogP contribution in [-0.4, -0.2) is 40.3 Å². The lowest BCUT2D eigenvalue weighted by atomic mass is 9.45. The molecule has 4 saturated carbocycles. The van der Waals surface area contributed by atoms with Gasteiger partial charge >= 0.3 is 5.97 Å². The highest BCUT2D eigenvalue weighted by atomic mass is 16.5. The molecule has 0 aromatic rings. The molecule has 5 nitrogen and oxygen atoms in total. The third-order valence-electron chi connectivity index (χ3n) is 9.92. The Hall–Kier alpha value is -1.20. The average Bonchev–Trinajstić information content (AvgIpc) is 3.43. The van der Waals surface area contributed by atoms with Crippen molar-refractivity contribution >= 4 is 11.8 Å². The summed E-state index contributed by atoms with van der Waals surface area (Å²) < 4.78 is 5.52. The normalized spacial score (nSPS) is 52.4. The van der Waals surface area contributed by atoms with Crippen molar-refractivity contribution in [2.75, 3.05) is 6.61 Å². The number of esters is 1. The minimum Gasteiger partial charge on any atom is -0.462 e. The van der Waals surface area contributed by atoms with Gasteiger partial charge in [0, 0.05) is 18.8 Å². The number of ether oxygens (including phenoxy) is 1. The van der Waals surface area contributed by atoms with Crippen LogP contribution in [0.15, 0.2) is 11.6 Å². The molecule has 0 aromatic heterocycles. The summed E-state index contributed by atoms with van der Waals surface area (Å²) in [4.78, 5) is 24.1. The molecule has 0 radical (unpaired) electrons. The summed E-state index contributed by atoms with van der Waals surface area (Å²) in [5, 5.41) is 21.1. The van der Waals surface area contributed by atoms with Crippen molar-refractivity contribution in [3.8, 4) is 0 Å². The fourth-order valence-electron chi connectivity index (χ4n) is 8.61. The standard InChI is InChI=1S/C24H34O5/c1-13(26)29-15-6-8-22(2)14(10-15)4-5-16-18(22)7-9-23(3)21(16)17-11-19(17)24(23,28)20(27)12-25/h4,15-19,21,25,28H,5-12H2,1-3H3/t15-,16+,17-,18-,19+,21+,22-,23-,24-/m0/s1. The number of carbonyl (C=O) groups is 2. The topological polar surface area (TPSA) is 83.8 Å². The number of hydrogen-bond acceptors (Lipinski definition) is 5. The monoisotopic (exact) mass is 402 g/mol. The largest absolute Gasteiger partial charge is 0.462 e. The van der Waals surface area contributed by atoms with Crippen LogP contribution in [0.5, 0.6) is 0 Å². The Kier molecular flexibility index (Phi) is 4.20. The van der Waals surface area contributed by atoms with Crippen molar-refractivity contribution in [3.63, 3.8) is 0 Å². The van der Waals surface area contributed by atoms with Gasteiger partial charge in [-0.15, -0.1) is 0 Å². The molecule has 0 spiro atoms. The summed E-state index contributed by atoms with van der Waals surface area (Å²) in [6, 6.07) is 0. The number of allylic oxidation sites excluding steroid dienone is 1. The van der Waals surface area contributed by atoms with E-state index in [9.17, 15) is 19.8 Å². The molecule has 0 aliphatic heterocycles. The van der Waals surface area contributed by atoms with E-state index < -0.39 is 17.6 Å². The Morgan fingerprint density at radius 3 is 2.62 bits per heavy atom. The predicted octanol–water partition coefficient (Wildman–Crippen LogP) is 3.03. The van der Waals surface area contributed by atoms with E-state index in [1.54, 1.807) is 0 Å².